The van der Waals surface area contributed by atoms with Crippen LogP contribution in [0.4, 0.5) is 26.3 Å². The number of carbonyl (C=O) groups excluding carboxylic acids is 1. The zero-order valence-corrected chi connectivity index (χ0v) is 21.4. The van der Waals surface area contributed by atoms with Gasteiger partial charge in [-0.1, -0.05) is 0 Å². The molecule has 40 heavy (non-hydrogen) atoms. The average molecular weight is 582 g/mol. The maximum absolute atomic E-state index is 13.1. The van der Waals surface area contributed by atoms with Crippen molar-refractivity contribution in [2.45, 2.75) is 37.5 Å². The standard InChI is InChI=1S/C20H26N4O2.2C2HF3O2/c1-22-10-3-4-17(22)20(25)24-11-7-19(26-2)16-13-23(14-18(16)24)12-15-5-8-21-9-6-15;2*3-2(4,5)1(6)7/h3-6,8-10,16,18-19H,7,11-14H2,1-2H3;2*(H,6,7)/t16-,18+,19-;;/m0../s1. The maximum atomic E-state index is 13.1. The highest BCUT2D eigenvalue weighted by molar-refractivity contribution is 5.93. The van der Waals surface area contributed by atoms with Crippen LogP contribution in [0.15, 0.2) is 42.9 Å². The molecule has 16 heteroatoms. The molecule has 2 aliphatic heterocycles. The molecule has 2 aromatic rings. The van der Waals surface area contributed by atoms with Crippen molar-refractivity contribution in [3.8, 4) is 0 Å². The number of pyridine rings is 1. The number of rotatable bonds is 4. The smallest absolute Gasteiger partial charge is 0.475 e. The molecule has 0 bridgehead atoms. The lowest BCUT2D eigenvalue weighted by molar-refractivity contribution is -0.193. The van der Waals surface area contributed by atoms with Crippen LogP contribution >= 0.6 is 0 Å². The number of nitrogens with zero attached hydrogens (tertiary/aromatic N) is 4. The highest BCUT2D eigenvalue weighted by Crippen LogP contribution is 2.34. The molecule has 2 aromatic heterocycles. The topological polar surface area (TPSA) is 125 Å². The van der Waals surface area contributed by atoms with Gasteiger partial charge in [0.1, 0.15) is 5.69 Å². The monoisotopic (exact) mass is 582 g/mol. The molecule has 0 aromatic carbocycles. The molecular formula is C24H28F6N4O6. The molecule has 0 saturated carbocycles. The number of ether oxygens (including phenoxy) is 1. The quantitative estimate of drug-likeness (QED) is 0.528. The number of alkyl halides is 6. The van der Waals surface area contributed by atoms with Crippen LogP contribution in [0.3, 0.4) is 0 Å². The van der Waals surface area contributed by atoms with Crippen molar-refractivity contribution in [2.75, 3.05) is 26.7 Å². The van der Waals surface area contributed by atoms with E-state index in [1.165, 1.54) is 5.56 Å². The van der Waals surface area contributed by atoms with E-state index in [4.69, 9.17) is 24.5 Å². The maximum Gasteiger partial charge on any atom is 0.490 e. The lowest BCUT2D eigenvalue weighted by atomic mass is 9.88. The molecule has 222 valence electrons. The second-order valence-electron chi connectivity index (χ2n) is 8.95. The number of carbonyl (C=O) groups is 3. The summed E-state index contributed by atoms with van der Waals surface area (Å²) >= 11 is 0. The summed E-state index contributed by atoms with van der Waals surface area (Å²) in [5.41, 5.74) is 2.01. The lowest BCUT2D eigenvalue weighted by Crippen LogP contribution is -2.53. The fraction of sp³-hybridized carbons (Fsp3) is 0.500. The summed E-state index contributed by atoms with van der Waals surface area (Å²) in [6.45, 7) is 3.50. The predicted molar refractivity (Wildman–Crippen MR) is 126 cm³/mol. The van der Waals surface area contributed by atoms with Gasteiger partial charge in [0.2, 0.25) is 0 Å². The third kappa shape index (κ3) is 8.94. The van der Waals surface area contributed by atoms with Gasteiger partial charge in [0.05, 0.1) is 12.1 Å². The van der Waals surface area contributed by atoms with Gasteiger partial charge in [-0.15, -0.1) is 0 Å². The van der Waals surface area contributed by atoms with Crippen molar-refractivity contribution in [2.24, 2.45) is 13.0 Å². The largest absolute Gasteiger partial charge is 0.490 e. The summed E-state index contributed by atoms with van der Waals surface area (Å²) in [6.07, 6.45) is -3.45. The van der Waals surface area contributed by atoms with Crippen molar-refractivity contribution in [3.05, 3.63) is 54.1 Å². The van der Waals surface area contributed by atoms with Crippen molar-refractivity contribution in [3.63, 3.8) is 0 Å². The third-order valence-corrected chi connectivity index (χ3v) is 6.31. The number of piperidine rings is 1. The van der Waals surface area contributed by atoms with E-state index in [-0.39, 0.29) is 18.1 Å². The number of halogens is 6. The molecule has 2 fully saturated rings. The van der Waals surface area contributed by atoms with Gasteiger partial charge in [0.15, 0.2) is 0 Å². The van der Waals surface area contributed by atoms with E-state index in [1.54, 1.807) is 7.11 Å². The number of hydrogen-bond acceptors (Lipinski definition) is 6. The molecular weight excluding hydrogens is 554 g/mol. The Labute approximate surface area is 224 Å². The number of methoxy groups -OCH3 is 1. The first-order chi connectivity index (χ1) is 18.6. The molecule has 4 heterocycles. The van der Waals surface area contributed by atoms with E-state index in [0.717, 1.165) is 38.3 Å². The molecule has 3 atom stereocenters. The van der Waals surface area contributed by atoms with Gasteiger partial charge in [0, 0.05) is 64.8 Å². The highest BCUT2D eigenvalue weighted by atomic mass is 19.4. The fourth-order valence-corrected chi connectivity index (χ4v) is 4.49. The van der Waals surface area contributed by atoms with E-state index >= 15 is 0 Å². The van der Waals surface area contributed by atoms with E-state index in [0.29, 0.717) is 5.92 Å². The summed E-state index contributed by atoms with van der Waals surface area (Å²) in [5.74, 6) is -5.02. The van der Waals surface area contributed by atoms with Crippen molar-refractivity contribution < 1.29 is 55.7 Å². The molecule has 2 N–H and O–H groups in total. The Balaban J connectivity index is 0.000000333. The van der Waals surface area contributed by atoms with Gasteiger partial charge < -0.3 is 24.4 Å². The number of carboxylic acid groups (broad SMARTS) is 2. The molecule has 0 aliphatic carbocycles. The molecule has 1 amide bonds. The third-order valence-electron chi connectivity index (χ3n) is 6.31. The van der Waals surface area contributed by atoms with E-state index < -0.39 is 24.3 Å². The van der Waals surface area contributed by atoms with Gasteiger partial charge in [-0.05, 0) is 36.2 Å². The molecule has 0 radical (unpaired) electrons. The van der Waals surface area contributed by atoms with Crippen LogP contribution < -0.4 is 0 Å². The number of likely N-dealkylation sites (tertiary alicyclic amines) is 2. The Hall–Kier alpha value is -3.66. The number of aliphatic carboxylic acids is 2. The Morgan fingerprint density at radius 3 is 2.00 bits per heavy atom. The highest BCUT2D eigenvalue weighted by Gasteiger charge is 2.46. The van der Waals surface area contributed by atoms with E-state index in [9.17, 15) is 31.1 Å². The average Bonchev–Trinajstić information content (AvgIpc) is 3.49. The summed E-state index contributed by atoms with van der Waals surface area (Å²) in [7, 11) is 3.72. The van der Waals surface area contributed by atoms with E-state index in [1.807, 2.05) is 42.3 Å². The van der Waals surface area contributed by atoms with Gasteiger partial charge in [-0.25, -0.2) is 9.59 Å². The minimum Gasteiger partial charge on any atom is -0.475 e. The van der Waals surface area contributed by atoms with Crippen LogP contribution in [-0.2, 0) is 27.9 Å². The first-order valence-electron chi connectivity index (χ1n) is 11.7. The van der Waals surface area contributed by atoms with Gasteiger partial charge >= 0.3 is 24.3 Å². The predicted octanol–water partition coefficient (Wildman–Crippen LogP) is 3.05. The molecule has 10 nitrogen and oxygen atoms in total. The summed E-state index contributed by atoms with van der Waals surface area (Å²) in [5, 5.41) is 14.2. The Bertz CT molecular complexity index is 1120. The van der Waals surface area contributed by atoms with Gasteiger partial charge in [0.25, 0.3) is 5.91 Å². The summed E-state index contributed by atoms with van der Waals surface area (Å²) in [4.78, 5) is 39.5. The van der Waals surface area contributed by atoms with E-state index in [2.05, 4.69) is 26.9 Å². The number of amides is 1. The first-order valence-corrected chi connectivity index (χ1v) is 11.7. The second-order valence-corrected chi connectivity index (χ2v) is 8.95. The van der Waals surface area contributed by atoms with Crippen LogP contribution in [-0.4, -0.2) is 98.7 Å². The Morgan fingerprint density at radius 1 is 1.00 bits per heavy atom. The summed E-state index contributed by atoms with van der Waals surface area (Å²) in [6, 6.07) is 8.16. The number of hydrogen-bond donors (Lipinski definition) is 2. The number of carboxylic acids is 2. The Morgan fingerprint density at radius 2 is 1.55 bits per heavy atom. The van der Waals surface area contributed by atoms with Crippen LogP contribution in [0.2, 0.25) is 0 Å². The zero-order chi connectivity index (χ0) is 30.3. The van der Waals surface area contributed by atoms with Crippen LogP contribution in [0.25, 0.3) is 0 Å². The molecule has 2 aliphatic rings. The minimum absolute atomic E-state index is 0.132. The lowest BCUT2D eigenvalue weighted by Gasteiger charge is -2.41. The van der Waals surface area contributed by atoms with Gasteiger partial charge in [-0.3, -0.25) is 14.7 Å². The number of aromatic nitrogens is 2. The van der Waals surface area contributed by atoms with Crippen molar-refractivity contribution in [1.29, 1.82) is 0 Å². The van der Waals surface area contributed by atoms with Crippen LogP contribution in [0, 0.1) is 5.92 Å². The van der Waals surface area contributed by atoms with Crippen molar-refractivity contribution >= 4 is 17.8 Å². The first kappa shape index (κ1) is 32.6. The minimum atomic E-state index is -5.08. The number of aryl methyl sites for hydroxylation is 1. The number of fused-ring (bicyclic) bond motifs is 1. The normalized spacial score (nSPS) is 20.9. The molecule has 2 saturated heterocycles. The zero-order valence-electron chi connectivity index (χ0n) is 21.4. The molecule has 4 rings (SSSR count). The Kier molecular flexibility index (Phi) is 11.1. The van der Waals surface area contributed by atoms with Crippen LogP contribution in [0.1, 0.15) is 22.5 Å². The van der Waals surface area contributed by atoms with Crippen molar-refractivity contribution in [1.82, 2.24) is 19.4 Å². The molecule has 0 unspecified atom stereocenters. The molecule has 0 spiro atoms. The summed E-state index contributed by atoms with van der Waals surface area (Å²) < 4.78 is 71.1. The second kappa shape index (κ2) is 13.6. The SMILES string of the molecule is CO[C@H]1CCN(C(=O)c2cccn2C)[C@@H]2CN(Cc3ccncc3)C[C@H]12.O=C(O)C(F)(F)F.O=C(O)C(F)(F)F. The van der Waals surface area contributed by atoms with Crippen LogP contribution in [0.5, 0.6) is 0 Å². The fourth-order valence-electron chi connectivity index (χ4n) is 4.49. The van der Waals surface area contributed by atoms with Gasteiger partial charge in [-0.2, -0.15) is 26.3 Å².